The maximum atomic E-state index is 11.6. The molecule has 1 aromatic rings. The third kappa shape index (κ3) is 3.27. The molecule has 1 heterocycles. The highest BCUT2D eigenvalue weighted by molar-refractivity contribution is 5.79. The zero-order valence-electron chi connectivity index (χ0n) is 9.23. The highest BCUT2D eigenvalue weighted by Gasteiger charge is 2.13. The van der Waals surface area contributed by atoms with E-state index in [1.54, 1.807) is 17.1 Å². The fraction of sp³-hybridized carbons (Fsp3) is 0.600. The van der Waals surface area contributed by atoms with Crippen molar-refractivity contribution in [2.24, 2.45) is 0 Å². The molecule has 1 rings (SSSR count). The zero-order valence-corrected chi connectivity index (χ0v) is 9.23. The van der Waals surface area contributed by atoms with Gasteiger partial charge in [-0.15, -0.1) is 0 Å². The second kappa shape index (κ2) is 5.38. The van der Waals surface area contributed by atoms with E-state index in [1.807, 2.05) is 6.92 Å². The Bertz CT molecular complexity index is 321. The number of nitrogens with two attached hydrogens (primary N) is 1. The number of carbonyl (C=O) groups is 1. The summed E-state index contributed by atoms with van der Waals surface area (Å²) in [4.78, 5) is 15.5. The predicted molar refractivity (Wildman–Crippen MR) is 59.3 cm³/mol. The average molecular weight is 210 g/mol. The SMILES string of the molecule is CCCCNC(=O)C(C)n1cnc(N)c1. The standard InChI is InChI=1S/C10H18N4O/c1-3-4-5-12-10(15)8(2)14-6-9(11)13-7-14/h6-8H,3-5,11H2,1-2H3,(H,12,15). The predicted octanol–water partition coefficient (Wildman–Crippen LogP) is 0.943. The summed E-state index contributed by atoms with van der Waals surface area (Å²) in [5.41, 5.74) is 5.47. The van der Waals surface area contributed by atoms with Crippen LogP contribution in [-0.2, 0) is 4.79 Å². The molecule has 0 saturated carbocycles. The maximum Gasteiger partial charge on any atom is 0.242 e. The normalized spacial score (nSPS) is 12.4. The third-order valence-corrected chi connectivity index (χ3v) is 2.28. The van der Waals surface area contributed by atoms with Gasteiger partial charge >= 0.3 is 0 Å². The van der Waals surface area contributed by atoms with E-state index in [9.17, 15) is 4.79 Å². The molecule has 15 heavy (non-hydrogen) atoms. The molecular formula is C10H18N4O. The lowest BCUT2D eigenvalue weighted by molar-refractivity contribution is -0.123. The highest BCUT2D eigenvalue weighted by Crippen LogP contribution is 2.07. The lowest BCUT2D eigenvalue weighted by Gasteiger charge is -2.12. The number of anilines is 1. The number of hydrogen-bond donors (Lipinski definition) is 2. The third-order valence-electron chi connectivity index (χ3n) is 2.28. The molecule has 0 aliphatic heterocycles. The Morgan fingerprint density at radius 1 is 1.73 bits per heavy atom. The molecule has 84 valence electrons. The number of nitrogens with one attached hydrogen (secondary N) is 1. The van der Waals surface area contributed by atoms with Crippen LogP contribution in [0.15, 0.2) is 12.5 Å². The van der Waals surface area contributed by atoms with Crippen LogP contribution in [-0.4, -0.2) is 22.0 Å². The van der Waals surface area contributed by atoms with Crippen LogP contribution >= 0.6 is 0 Å². The molecule has 3 N–H and O–H groups in total. The van der Waals surface area contributed by atoms with Crippen molar-refractivity contribution in [1.29, 1.82) is 0 Å². The van der Waals surface area contributed by atoms with Crippen LogP contribution in [0.1, 0.15) is 32.7 Å². The first-order valence-corrected chi connectivity index (χ1v) is 5.21. The topological polar surface area (TPSA) is 72.9 Å². The summed E-state index contributed by atoms with van der Waals surface area (Å²) in [6.07, 6.45) is 5.31. The van der Waals surface area contributed by atoms with E-state index < -0.39 is 0 Å². The van der Waals surface area contributed by atoms with E-state index in [0.717, 1.165) is 19.4 Å². The Labute approximate surface area is 89.7 Å². The van der Waals surface area contributed by atoms with Crippen molar-refractivity contribution in [1.82, 2.24) is 14.9 Å². The number of carbonyl (C=O) groups excluding carboxylic acids is 1. The maximum absolute atomic E-state index is 11.6. The zero-order chi connectivity index (χ0) is 11.3. The van der Waals surface area contributed by atoms with Crippen molar-refractivity contribution >= 4 is 11.7 Å². The molecule has 1 aromatic heterocycles. The molecule has 0 aliphatic carbocycles. The molecule has 1 amide bonds. The molecule has 0 saturated heterocycles. The van der Waals surface area contributed by atoms with Crippen LogP contribution in [0.5, 0.6) is 0 Å². The number of nitrogen functional groups attached to an aromatic ring is 1. The summed E-state index contributed by atoms with van der Waals surface area (Å²) in [7, 11) is 0. The monoisotopic (exact) mass is 210 g/mol. The van der Waals surface area contributed by atoms with Crippen LogP contribution in [0.25, 0.3) is 0 Å². The van der Waals surface area contributed by atoms with E-state index in [0.29, 0.717) is 5.82 Å². The smallest absolute Gasteiger partial charge is 0.242 e. The van der Waals surface area contributed by atoms with Crippen molar-refractivity contribution < 1.29 is 4.79 Å². The molecule has 0 aliphatic rings. The van der Waals surface area contributed by atoms with Gasteiger partial charge in [0.1, 0.15) is 11.9 Å². The quantitative estimate of drug-likeness (QED) is 0.710. The van der Waals surface area contributed by atoms with Crippen LogP contribution in [0.3, 0.4) is 0 Å². The van der Waals surface area contributed by atoms with Crippen molar-refractivity contribution in [3.8, 4) is 0 Å². The summed E-state index contributed by atoms with van der Waals surface area (Å²) in [5, 5.41) is 2.86. The van der Waals surface area contributed by atoms with E-state index in [-0.39, 0.29) is 11.9 Å². The number of hydrogen-bond acceptors (Lipinski definition) is 3. The van der Waals surface area contributed by atoms with Gasteiger partial charge in [-0.05, 0) is 13.3 Å². The summed E-state index contributed by atoms with van der Waals surface area (Å²) in [5.74, 6) is 0.434. The van der Waals surface area contributed by atoms with Crippen molar-refractivity contribution in [2.75, 3.05) is 12.3 Å². The fourth-order valence-electron chi connectivity index (χ4n) is 1.24. The minimum absolute atomic E-state index is 0.000787. The molecule has 5 nitrogen and oxygen atoms in total. The molecular weight excluding hydrogens is 192 g/mol. The van der Waals surface area contributed by atoms with Gasteiger partial charge in [0.05, 0.1) is 6.33 Å². The summed E-state index contributed by atoms with van der Waals surface area (Å²) in [6.45, 7) is 4.64. The Morgan fingerprint density at radius 2 is 2.47 bits per heavy atom. The van der Waals surface area contributed by atoms with Gasteiger partial charge in [-0.2, -0.15) is 0 Å². The Balaban J connectivity index is 2.46. The Kier molecular flexibility index (Phi) is 4.15. The van der Waals surface area contributed by atoms with E-state index in [4.69, 9.17) is 5.73 Å². The second-order valence-corrected chi connectivity index (χ2v) is 3.57. The lowest BCUT2D eigenvalue weighted by Crippen LogP contribution is -2.31. The lowest BCUT2D eigenvalue weighted by atomic mass is 10.3. The van der Waals surface area contributed by atoms with Crippen molar-refractivity contribution in [3.63, 3.8) is 0 Å². The van der Waals surface area contributed by atoms with Gasteiger partial charge in [0.2, 0.25) is 5.91 Å². The van der Waals surface area contributed by atoms with E-state index in [2.05, 4.69) is 17.2 Å². The molecule has 0 fully saturated rings. The highest BCUT2D eigenvalue weighted by atomic mass is 16.2. The molecule has 0 aromatic carbocycles. The van der Waals surface area contributed by atoms with Gasteiger partial charge in [-0.3, -0.25) is 4.79 Å². The minimum atomic E-state index is -0.258. The number of imidazole rings is 1. The van der Waals surface area contributed by atoms with Gasteiger partial charge in [0.25, 0.3) is 0 Å². The number of unbranched alkanes of at least 4 members (excludes halogenated alkanes) is 1. The first-order chi connectivity index (χ1) is 7.15. The molecule has 1 unspecified atom stereocenters. The van der Waals surface area contributed by atoms with E-state index in [1.165, 1.54) is 0 Å². The molecule has 5 heteroatoms. The summed E-state index contributed by atoms with van der Waals surface area (Å²) in [6, 6.07) is -0.258. The average Bonchev–Trinajstić information content (AvgIpc) is 2.64. The Morgan fingerprint density at radius 3 is 3.00 bits per heavy atom. The number of nitrogens with zero attached hydrogens (tertiary/aromatic N) is 2. The van der Waals surface area contributed by atoms with Crippen LogP contribution in [0.2, 0.25) is 0 Å². The Hall–Kier alpha value is -1.52. The van der Waals surface area contributed by atoms with Crippen molar-refractivity contribution in [2.45, 2.75) is 32.7 Å². The molecule has 0 radical (unpaired) electrons. The van der Waals surface area contributed by atoms with Crippen LogP contribution < -0.4 is 11.1 Å². The fourth-order valence-corrected chi connectivity index (χ4v) is 1.24. The summed E-state index contributed by atoms with van der Waals surface area (Å²) >= 11 is 0. The minimum Gasteiger partial charge on any atom is -0.382 e. The molecule has 0 spiro atoms. The van der Waals surface area contributed by atoms with Gasteiger partial charge in [0, 0.05) is 12.7 Å². The number of rotatable bonds is 5. The van der Waals surface area contributed by atoms with Gasteiger partial charge in [0.15, 0.2) is 0 Å². The van der Waals surface area contributed by atoms with Gasteiger partial charge < -0.3 is 15.6 Å². The molecule has 0 bridgehead atoms. The molecule has 1 atom stereocenters. The van der Waals surface area contributed by atoms with Crippen LogP contribution in [0.4, 0.5) is 5.82 Å². The van der Waals surface area contributed by atoms with Gasteiger partial charge in [-0.1, -0.05) is 13.3 Å². The van der Waals surface area contributed by atoms with Crippen molar-refractivity contribution in [3.05, 3.63) is 12.5 Å². The largest absolute Gasteiger partial charge is 0.382 e. The van der Waals surface area contributed by atoms with Gasteiger partial charge in [-0.25, -0.2) is 4.98 Å². The second-order valence-electron chi connectivity index (χ2n) is 3.57. The number of aromatic nitrogens is 2. The first kappa shape index (κ1) is 11.6. The summed E-state index contributed by atoms with van der Waals surface area (Å²) < 4.78 is 1.70. The van der Waals surface area contributed by atoms with E-state index >= 15 is 0 Å². The van der Waals surface area contributed by atoms with Crippen LogP contribution in [0, 0.1) is 0 Å². The number of amides is 1. The first-order valence-electron chi connectivity index (χ1n) is 5.21.